The first-order chi connectivity index (χ1) is 11.4. The minimum Gasteiger partial charge on any atom is -0.389 e. The molecule has 0 amide bonds. The minimum absolute atomic E-state index is 0.00760. The lowest BCUT2D eigenvalue weighted by molar-refractivity contribution is -0.123. The van der Waals surface area contributed by atoms with Crippen LogP contribution in [0, 0.1) is 0 Å². The number of ketones is 1. The molecule has 6 nitrogen and oxygen atoms in total. The Bertz CT molecular complexity index is 294. The van der Waals surface area contributed by atoms with Crippen LogP contribution in [-0.4, -0.2) is 78.7 Å². The summed E-state index contributed by atoms with van der Waals surface area (Å²) in [5.41, 5.74) is 0. The van der Waals surface area contributed by atoms with Crippen molar-refractivity contribution in [1.29, 1.82) is 0 Å². The number of carbonyl (C=O) groups is 1. The van der Waals surface area contributed by atoms with E-state index in [0.29, 0.717) is 26.3 Å². The van der Waals surface area contributed by atoms with E-state index in [-0.39, 0.29) is 25.0 Å². The minimum atomic E-state index is -0.683. The SMILES string of the molecule is CCCCOCC(O)CN(CC(O)COCCCC)C(C)C(C)=O. The molecule has 0 spiro atoms. The molecule has 0 aliphatic carbocycles. The van der Waals surface area contributed by atoms with Crippen LogP contribution in [0.25, 0.3) is 0 Å². The molecule has 144 valence electrons. The van der Waals surface area contributed by atoms with Crippen molar-refractivity contribution in [2.75, 3.05) is 39.5 Å². The maximum absolute atomic E-state index is 11.7. The summed E-state index contributed by atoms with van der Waals surface area (Å²) in [6.45, 7) is 9.79. The number of aliphatic hydroxyl groups is 2. The molecule has 2 N–H and O–H groups in total. The Labute approximate surface area is 147 Å². The monoisotopic (exact) mass is 347 g/mol. The van der Waals surface area contributed by atoms with Crippen LogP contribution < -0.4 is 0 Å². The molecule has 0 rings (SSSR count). The number of hydrogen-bond donors (Lipinski definition) is 2. The summed E-state index contributed by atoms with van der Waals surface area (Å²) in [5, 5.41) is 20.2. The molecular weight excluding hydrogens is 310 g/mol. The summed E-state index contributed by atoms with van der Waals surface area (Å²) in [6, 6.07) is -0.361. The van der Waals surface area contributed by atoms with Crippen molar-refractivity contribution < 1.29 is 24.5 Å². The summed E-state index contributed by atoms with van der Waals surface area (Å²) in [6.07, 6.45) is 2.66. The molecule has 0 radical (unpaired) electrons. The number of hydrogen-bond acceptors (Lipinski definition) is 6. The first kappa shape index (κ1) is 23.5. The van der Waals surface area contributed by atoms with Gasteiger partial charge < -0.3 is 19.7 Å². The lowest BCUT2D eigenvalue weighted by Gasteiger charge is -2.31. The number of nitrogens with zero attached hydrogens (tertiary/aromatic N) is 1. The third kappa shape index (κ3) is 11.9. The average Bonchev–Trinajstić information content (AvgIpc) is 2.54. The number of rotatable bonds is 16. The van der Waals surface area contributed by atoms with Gasteiger partial charge in [-0.1, -0.05) is 26.7 Å². The maximum Gasteiger partial charge on any atom is 0.146 e. The second kappa shape index (κ2) is 14.8. The van der Waals surface area contributed by atoms with Crippen molar-refractivity contribution in [3.05, 3.63) is 0 Å². The Balaban J connectivity index is 4.33. The number of ether oxygens (including phenoxy) is 2. The van der Waals surface area contributed by atoms with Gasteiger partial charge in [-0.2, -0.15) is 0 Å². The van der Waals surface area contributed by atoms with Gasteiger partial charge in [0.05, 0.1) is 31.5 Å². The lowest BCUT2D eigenvalue weighted by atomic mass is 10.1. The second-order valence-corrected chi connectivity index (χ2v) is 6.41. The van der Waals surface area contributed by atoms with Crippen LogP contribution in [0.3, 0.4) is 0 Å². The van der Waals surface area contributed by atoms with Gasteiger partial charge in [0.15, 0.2) is 0 Å². The highest BCUT2D eigenvalue weighted by molar-refractivity contribution is 5.80. The van der Waals surface area contributed by atoms with E-state index in [9.17, 15) is 15.0 Å². The second-order valence-electron chi connectivity index (χ2n) is 6.41. The fraction of sp³-hybridized carbons (Fsp3) is 0.944. The predicted molar refractivity (Wildman–Crippen MR) is 95.2 cm³/mol. The summed E-state index contributed by atoms with van der Waals surface area (Å²) in [5.74, 6) is 0.00760. The average molecular weight is 347 g/mol. The molecule has 0 saturated carbocycles. The molecule has 6 heteroatoms. The third-order valence-corrected chi connectivity index (χ3v) is 3.93. The van der Waals surface area contributed by atoms with E-state index in [1.807, 2.05) is 0 Å². The number of unbranched alkanes of at least 4 members (excludes halogenated alkanes) is 2. The Morgan fingerprint density at radius 1 is 0.958 bits per heavy atom. The van der Waals surface area contributed by atoms with Crippen LogP contribution in [0.5, 0.6) is 0 Å². The normalized spacial score (nSPS) is 15.5. The molecule has 0 aromatic rings. The van der Waals surface area contributed by atoms with Gasteiger partial charge in [-0.05, 0) is 26.7 Å². The van der Waals surface area contributed by atoms with Crippen LogP contribution in [-0.2, 0) is 14.3 Å². The Hall–Kier alpha value is -0.530. The summed E-state index contributed by atoms with van der Waals surface area (Å²) in [4.78, 5) is 13.5. The van der Waals surface area contributed by atoms with E-state index in [1.54, 1.807) is 11.8 Å². The van der Waals surface area contributed by atoms with Crippen LogP contribution in [0.1, 0.15) is 53.4 Å². The third-order valence-electron chi connectivity index (χ3n) is 3.93. The highest BCUT2D eigenvalue weighted by atomic mass is 16.5. The van der Waals surface area contributed by atoms with E-state index in [4.69, 9.17) is 9.47 Å². The highest BCUT2D eigenvalue weighted by Gasteiger charge is 2.23. The largest absolute Gasteiger partial charge is 0.389 e. The van der Waals surface area contributed by atoms with Crippen LogP contribution in [0.4, 0.5) is 0 Å². The summed E-state index contributed by atoms with van der Waals surface area (Å²) in [7, 11) is 0. The zero-order valence-corrected chi connectivity index (χ0v) is 15.9. The van der Waals surface area contributed by atoms with Gasteiger partial charge in [0.25, 0.3) is 0 Å². The molecule has 0 saturated heterocycles. The van der Waals surface area contributed by atoms with Gasteiger partial charge in [0, 0.05) is 26.3 Å². The smallest absolute Gasteiger partial charge is 0.146 e. The number of aliphatic hydroxyl groups excluding tert-OH is 2. The van der Waals surface area contributed by atoms with Gasteiger partial charge in [0.1, 0.15) is 5.78 Å². The lowest BCUT2D eigenvalue weighted by Crippen LogP contribution is -2.47. The van der Waals surface area contributed by atoms with Crippen LogP contribution in [0.2, 0.25) is 0 Å². The topological polar surface area (TPSA) is 79.2 Å². The first-order valence-corrected chi connectivity index (χ1v) is 9.18. The van der Waals surface area contributed by atoms with E-state index in [0.717, 1.165) is 25.7 Å². The predicted octanol–water partition coefficient (Wildman–Crippen LogP) is 1.62. The molecule has 0 heterocycles. The molecule has 0 aromatic heterocycles. The standard InChI is InChI=1S/C18H37NO5/c1-5-7-9-23-13-17(21)11-19(15(3)16(4)20)12-18(22)14-24-10-8-6-2/h15,17-18,21-22H,5-14H2,1-4H3. The van der Waals surface area contributed by atoms with E-state index in [1.165, 1.54) is 6.92 Å². The van der Waals surface area contributed by atoms with Crippen molar-refractivity contribution in [2.45, 2.75) is 71.6 Å². The molecule has 0 fully saturated rings. The molecule has 24 heavy (non-hydrogen) atoms. The fourth-order valence-electron chi connectivity index (χ4n) is 2.23. The van der Waals surface area contributed by atoms with Gasteiger partial charge >= 0.3 is 0 Å². The van der Waals surface area contributed by atoms with Crippen molar-refractivity contribution in [3.63, 3.8) is 0 Å². The Morgan fingerprint density at radius 2 is 1.38 bits per heavy atom. The molecule has 3 atom stereocenters. The van der Waals surface area contributed by atoms with Crippen LogP contribution in [0.15, 0.2) is 0 Å². The summed E-state index contributed by atoms with van der Waals surface area (Å²) >= 11 is 0. The molecular formula is C18H37NO5. The van der Waals surface area contributed by atoms with Gasteiger partial charge in [-0.15, -0.1) is 0 Å². The van der Waals surface area contributed by atoms with Crippen LogP contribution >= 0.6 is 0 Å². The van der Waals surface area contributed by atoms with E-state index >= 15 is 0 Å². The number of carbonyl (C=O) groups excluding carboxylic acids is 1. The van der Waals surface area contributed by atoms with E-state index in [2.05, 4.69) is 13.8 Å². The van der Waals surface area contributed by atoms with Crippen molar-refractivity contribution in [3.8, 4) is 0 Å². The molecule has 0 aliphatic rings. The molecule has 0 aromatic carbocycles. The van der Waals surface area contributed by atoms with Gasteiger partial charge in [-0.3, -0.25) is 9.69 Å². The Kier molecular flexibility index (Phi) is 14.5. The zero-order valence-electron chi connectivity index (χ0n) is 15.9. The molecule has 0 aliphatic heterocycles. The van der Waals surface area contributed by atoms with Crippen molar-refractivity contribution >= 4 is 5.78 Å². The highest BCUT2D eigenvalue weighted by Crippen LogP contribution is 2.06. The molecule has 3 unspecified atom stereocenters. The quantitative estimate of drug-likeness (QED) is 0.413. The summed E-state index contributed by atoms with van der Waals surface area (Å²) < 4.78 is 10.8. The Morgan fingerprint density at radius 3 is 1.71 bits per heavy atom. The van der Waals surface area contributed by atoms with Crippen molar-refractivity contribution in [2.24, 2.45) is 0 Å². The first-order valence-electron chi connectivity index (χ1n) is 9.18. The fourth-order valence-corrected chi connectivity index (χ4v) is 2.23. The van der Waals surface area contributed by atoms with E-state index < -0.39 is 12.2 Å². The zero-order chi connectivity index (χ0) is 18.4. The van der Waals surface area contributed by atoms with Gasteiger partial charge in [0.2, 0.25) is 0 Å². The molecule has 0 bridgehead atoms. The van der Waals surface area contributed by atoms with Crippen molar-refractivity contribution in [1.82, 2.24) is 4.90 Å². The number of Topliss-reactive ketones (excluding diaryl/α,β-unsaturated/α-hetero) is 1. The maximum atomic E-state index is 11.7. The van der Waals surface area contributed by atoms with Gasteiger partial charge in [-0.25, -0.2) is 0 Å².